The average molecular weight is 240 g/mol. The van der Waals surface area contributed by atoms with E-state index in [-0.39, 0.29) is 0 Å². The van der Waals surface area contributed by atoms with Crippen molar-refractivity contribution in [2.45, 2.75) is 19.9 Å². The van der Waals surface area contributed by atoms with Crippen molar-refractivity contribution in [3.63, 3.8) is 0 Å². The van der Waals surface area contributed by atoms with Gasteiger partial charge in [0, 0.05) is 17.6 Å². The summed E-state index contributed by atoms with van der Waals surface area (Å²) >= 11 is 3.62. The van der Waals surface area contributed by atoms with E-state index >= 15 is 0 Å². The molecule has 0 fully saturated rings. The van der Waals surface area contributed by atoms with Gasteiger partial charge in [0.05, 0.1) is 0 Å². The molecule has 1 aliphatic rings. The van der Waals surface area contributed by atoms with Gasteiger partial charge in [0.1, 0.15) is 0 Å². The fraction of sp³-hybridized carbons (Fsp3) is 0.455. The van der Waals surface area contributed by atoms with E-state index in [1.165, 1.54) is 34.1 Å². The third-order valence-corrected chi connectivity index (χ3v) is 3.52. The van der Waals surface area contributed by atoms with Gasteiger partial charge in [0.15, 0.2) is 0 Å². The molecule has 13 heavy (non-hydrogen) atoms. The molecule has 1 aromatic carbocycles. The summed E-state index contributed by atoms with van der Waals surface area (Å²) in [4.78, 5) is 2.38. The molecule has 0 amide bonds. The first-order chi connectivity index (χ1) is 6.18. The number of likely N-dealkylation sites (N-methyl/N-ethyl adjacent to an activating group) is 1. The number of aryl methyl sites for hydroxylation is 1. The zero-order valence-corrected chi connectivity index (χ0v) is 9.69. The molecule has 0 radical (unpaired) electrons. The van der Waals surface area contributed by atoms with Crippen LogP contribution < -0.4 is 0 Å². The Hall–Kier alpha value is -0.340. The van der Waals surface area contributed by atoms with Crippen molar-refractivity contribution in [2.24, 2.45) is 0 Å². The summed E-state index contributed by atoms with van der Waals surface area (Å²) in [5, 5.41) is 0. The SMILES string of the molecule is Cc1ccc(Br)c2c1CN(C)CC2. The van der Waals surface area contributed by atoms with Gasteiger partial charge in [-0.1, -0.05) is 22.0 Å². The van der Waals surface area contributed by atoms with E-state index in [9.17, 15) is 0 Å². The molecule has 0 aromatic heterocycles. The minimum absolute atomic E-state index is 1.10. The Balaban J connectivity index is 2.51. The highest BCUT2D eigenvalue weighted by atomic mass is 79.9. The molecule has 0 bridgehead atoms. The standard InChI is InChI=1S/C11H14BrN/c1-8-3-4-11(12)9-5-6-13(2)7-10(8)9/h3-4H,5-7H2,1-2H3. The summed E-state index contributed by atoms with van der Waals surface area (Å²) in [6.45, 7) is 4.47. The predicted molar refractivity (Wildman–Crippen MR) is 58.9 cm³/mol. The molecule has 1 heterocycles. The minimum atomic E-state index is 1.10. The van der Waals surface area contributed by atoms with E-state index in [1.54, 1.807) is 0 Å². The van der Waals surface area contributed by atoms with Crippen LogP contribution >= 0.6 is 15.9 Å². The highest BCUT2D eigenvalue weighted by Gasteiger charge is 2.16. The highest BCUT2D eigenvalue weighted by Crippen LogP contribution is 2.28. The maximum absolute atomic E-state index is 3.62. The normalized spacial score (nSPS) is 17.2. The maximum atomic E-state index is 3.62. The van der Waals surface area contributed by atoms with Crippen LogP contribution in [0.3, 0.4) is 0 Å². The third kappa shape index (κ3) is 1.65. The van der Waals surface area contributed by atoms with Crippen molar-refractivity contribution >= 4 is 15.9 Å². The van der Waals surface area contributed by atoms with Crippen LogP contribution in [0.5, 0.6) is 0 Å². The summed E-state index contributed by atoms with van der Waals surface area (Å²) in [7, 11) is 2.18. The number of fused-ring (bicyclic) bond motifs is 1. The van der Waals surface area contributed by atoms with Crippen LogP contribution in [0.1, 0.15) is 16.7 Å². The second-order valence-electron chi connectivity index (χ2n) is 3.81. The zero-order chi connectivity index (χ0) is 9.42. The lowest BCUT2D eigenvalue weighted by Crippen LogP contribution is -2.27. The lowest BCUT2D eigenvalue weighted by atomic mass is 9.96. The third-order valence-electron chi connectivity index (χ3n) is 2.78. The molecule has 0 N–H and O–H groups in total. The molecule has 0 aliphatic carbocycles. The van der Waals surface area contributed by atoms with Gasteiger partial charge in [0.25, 0.3) is 0 Å². The summed E-state index contributed by atoms with van der Waals surface area (Å²) in [6.07, 6.45) is 1.17. The van der Waals surface area contributed by atoms with Crippen LogP contribution in [-0.4, -0.2) is 18.5 Å². The van der Waals surface area contributed by atoms with Crippen LogP contribution in [0.4, 0.5) is 0 Å². The summed E-state index contributed by atoms with van der Waals surface area (Å²) in [5.74, 6) is 0. The Labute approximate surface area is 87.9 Å². The van der Waals surface area contributed by atoms with Gasteiger partial charge in [-0.2, -0.15) is 0 Å². The largest absolute Gasteiger partial charge is 0.302 e. The monoisotopic (exact) mass is 239 g/mol. The molecule has 1 aromatic rings. The van der Waals surface area contributed by atoms with Crippen molar-refractivity contribution in [1.29, 1.82) is 0 Å². The molecule has 0 atom stereocenters. The van der Waals surface area contributed by atoms with Gasteiger partial charge in [0.2, 0.25) is 0 Å². The molecule has 0 saturated heterocycles. The van der Waals surface area contributed by atoms with Crippen molar-refractivity contribution in [3.05, 3.63) is 33.3 Å². The van der Waals surface area contributed by atoms with Crippen molar-refractivity contribution in [2.75, 3.05) is 13.6 Å². The van der Waals surface area contributed by atoms with Crippen LogP contribution in [0.2, 0.25) is 0 Å². The molecule has 0 spiro atoms. The van der Waals surface area contributed by atoms with Gasteiger partial charge < -0.3 is 4.90 Å². The van der Waals surface area contributed by atoms with Crippen LogP contribution in [0.25, 0.3) is 0 Å². The molecule has 0 unspecified atom stereocenters. The van der Waals surface area contributed by atoms with Crippen LogP contribution in [-0.2, 0) is 13.0 Å². The molecule has 2 rings (SSSR count). The zero-order valence-electron chi connectivity index (χ0n) is 8.10. The summed E-state index contributed by atoms with van der Waals surface area (Å²) < 4.78 is 1.28. The van der Waals surface area contributed by atoms with Gasteiger partial charge in [-0.3, -0.25) is 0 Å². The number of halogens is 1. The number of hydrogen-bond acceptors (Lipinski definition) is 1. The van der Waals surface area contributed by atoms with E-state index < -0.39 is 0 Å². The van der Waals surface area contributed by atoms with Gasteiger partial charge in [-0.25, -0.2) is 0 Å². The molecular weight excluding hydrogens is 226 g/mol. The second-order valence-corrected chi connectivity index (χ2v) is 4.66. The predicted octanol–water partition coefficient (Wildman–Crippen LogP) is 2.75. The smallest absolute Gasteiger partial charge is 0.0236 e. The summed E-state index contributed by atoms with van der Waals surface area (Å²) in [6, 6.07) is 4.36. The number of benzene rings is 1. The molecule has 70 valence electrons. The van der Waals surface area contributed by atoms with Gasteiger partial charge in [-0.05, 0) is 43.1 Å². The Morgan fingerprint density at radius 1 is 1.31 bits per heavy atom. The Morgan fingerprint density at radius 3 is 2.85 bits per heavy atom. The number of hydrogen-bond donors (Lipinski definition) is 0. The van der Waals surface area contributed by atoms with Crippen LogP contribution in [0, 0.1) is 6.92 Å². The lowest BCUT2D eigenvalue weighted by Gasteiger charge is -2.27. The first kappa shape index (κ1) is 9.22. The maximum Gasteiger partial charge on any atom is 0.0236 e. The minimum Gasteiger partial charge on any atom is -0.302 e. The fourth-order valence-corrected chi connectivity index (χ4v) is 2.49. The molecular formula is C11H14BrN. The van der Waals surface area contributed by atoms with E-state index in [4.69, 9.17) is 0 Å². The molecule has 1 nitrogen and oxygen atoms in total. The van der Waals surface area contributed by atoms with E-state index in [1.807, 2.05) is 0 Å². The van der Waals surface area contributed by atoms with E-state index in [0.717, 1.165) is 6.54 Å². The first-order valence-corrected chi connectivity index (χ1v) is 5.43. The van der Waals surface area contributed by atoms with Crippen molar-refractivity contribution < 1.29 is 0 Å². The van der Waals surface area contributed by atoms with E-state index in [0.29, 0.717) is 0 Å². The molecule has 1 aliphatic heterocycles. The lowest BCUT2D eigenvalue weighted by molar-refractivity contribution is 0.311. The Bertz CT molecular complexity index is 333. The average Bonchev–Trinajstić information content (AvgIpc) is 2.12. The van der Waals surface area contributed by atoms with Crippen LogP contribution in [0.15, 0.2) is 16.6 Å². The quantitative estimate of drug-likeness (QED) is 0.674. The number of nitrogens with zero attached hydrogens (tertiary/aromatic N) is 1. The van der Waals surface area contributed by atoms with E-state index in [2.05, 4.69) is 46.9 Å². The topological polar surface area (TPSA) is 3.24 Å². The van der Waals surface area contributed by atoms with Crippen molar-refractivity contribution in [1.82, 2.24) is 4.90 Å². The van der Waals surface area contributed by atoms with Gasteiger partial charge in [-0.15, -0.1) is 0 Å². The Kier molecular flexibility index (Phi) is 2.43. The Morgan fingerprint density at radius 2 is 2.08 bits per heavy atom. The number of rotatable bonds is 0. The molecule has 0 saturated carbocycles. The molecule has 2 heteroatoms. The fourth-order valence-electron chi connectivity index (χ4n) is 1.92. The van der Waals surface area contributed by atoms with Crippen molar-refractivity contribution in [3.8, 4) is 0 Å². The highest BCUT2D eigenvalue weighted by molar-refractivity contribution is 9.10. The summed E-state index contributed by atoms with van der Waals surface area (Å²) in [5.41, 5.74) is 4.45. The second kappa shape index (κ2) is 3.43. The van der Waals surface area contributed by atoms with Gasteiger partial charge >= 0.3 is 0 Å². The first-order valence-electron chi connectivity index (χ1n) is 4.64.